The summed E-state index contributed by atoms with van der Waals surface area (Å²) in [5.74, 6) is 1.55. The maximum atomic E-state index is 6.92. The molecule has 0 bridgehead atoms. The largest absolute Gasteiger partial charge is 0.321 e. The summed E-state index contributed by atoms with van der Waals surface area (Å²) < 4.78 is 0. The summed E-state index contributed by atoms with van der Waals surface area (Å²) >= 11 is 0. The van der Waals surface area contributed by atoms with Gasteiger partial charge in [-0.1, -0.05) is 69.9 Å². The summed E-state index contributed by atoms with van der Waals surface area (Å²) in [7, 11) is 0. The van der Waals surface area contributed by atoms with E-state index in [9.17, 15) is 0 Å². The number of nitrogens with two attached hydrogens (primary N) is 1. The summed E-state index contributed by atoms with van der Waals surface area (Å²) in [5.41, 5.74) is 8.16. The number of benzene rings is 1. The van der Waals surface area contributed by atoms with E-state index in [1.807, 2.05) is 0 Å². The van der Waals surface area contributed by atoms with Crippen LogP contribution in [0.3, 0.4) is 0 Å². The van der Waals surface area contributed by atoms with Crippen molar-refractivity contribution in [3.63, 3.8) is 0 Å². The quantitative estimate of drug-likeness (QED) is 0.803. The molecule has 1 aliphatic carbocycles. The van der Waals surface area contributed by atoms with Crippen LogP contribution in [0.2, 0.25) is 0 Å². The fourth-order valence-electron chi connectivity index (χ4n) is 3.88. The van der Waals surface area contributed by atoms with Crippen molar-refractivity contribution in [2.75, 3.05) is 0 Å². The summed E-state index contributed by atoms with van der Waals surface area (Å²) in [6.45, 7) is 4.58. The molecule has 1 saturated carbocycles. The van der Waals surface area contributed by atoms with Crippen LogP contribution in [-0.4, -0.2) is 0 Å². The summed E-state index contributed by atoms with van der Waals surface area (Å²) in [4.78, 5) is 0. The van der Waals surface area contributed by atoms with Crippen molar-refractivity contribution in [2.24, 2.45) is 17.6 Å². The molecule has 1 aromatic rings. The Bertz CT molecular complexity index is 373. The number of hydrogen-bond acceptors (Lipinski definition) is 1. The zero-order valence-corrected chi connectivity index (χ0v) is 12.6. The molecule has 19 heavy (non-hydrogen) atoms. The second-order valence-corrected chi connectivity index (χ2v) is 6.29. The molecule has 0 heterocycles. The van der Waals surface area contributed by atoms with Gasteiger partial charge in [0, 0.05) is 5.54 Å². The highest BCUT2D eigenvalue weighted by atomic mass is 14.8. The summed E-state index contributed by atoms with van der Waals surface area (Å²) in [6.07, 6.45) is 8.98. The Morgan fingerprint density at radius 1 is 1.16 bits per heavy atom. The second kappa shape index (κ2) is 6.56. The Morgan fingerprint density at radius 3 is 2.53 bits per heavy atom. The van der Waals surface area contributed by atoms with Crippen LogP contribution in [0.4, 0.5) is 0 Å². The summed E-state index contributed by atoms with van der Waals surface area (Å²) in [5, 5.41) is 0. The third-order valence-electron chi connectivity index (χ3n) is 5.06. The lowest BCUT2D eigenvalue weighted by atomic mass is 9.66. The van der Waals surface area contributed by atoms with Gasteiger partial charge < -0.3 is 5.73 Å². The Balaban J connectivity index is 2.23. The van der Waals surface area contributed by atoms with Crippen LogP contribution in [-0.2, 0) is 5.54 Å². The van der Waals surface area contributed by atoms with Gasteiger partial charge in [0.25, 0.3) is 0 Å². The first-order valence-electron chi connectivity index (χ1n) is 8.05. The topological polar surface area (TPSA) is 26.0 Å². The van der Waals surface area contributed by atoms with E-state index in [1.54, 1.807) is 0 Å². The summed E-state index contributed by atoms with van der Waals surface area (Å²) in [6, 6.07) is 10.8. The van der Waals surface area contributed by atoms with E-state index >= 15 is 0 Å². The first-order chi connectivity index (χ1) is 9.20. The van der Waals surface area contributed by atoms with E-state index < -0.39 is 0 Å². The van der Waals surface area contributed by atoms with Crippen LogP contribution in [0.15, 0.2) is 30.3 Å². The lowest BCUT2D eigenvalue weighted by molar-refractivity contribution is 0.151. The highest BCUT2D eigenvalue weighted by Crippen LogP contribution is 2.43. The average molecular weight is 259 g/mol. The molecule has 1 aliphatic rings. The molecule has 0 radical (unpaired) electrons. The maximum Gasteiger partial charge on any atom is 0.0438 e. The van der Waals surface area contributed by atoms with E-state index in [0.29, 0.717) is 5.92 Å². The molecule has 1 fully saturated rings. The van der Waals surface area contributed by atoms with E-state index in [2.05, 4.69) is 44.2 Å². The van der Waals surface area contributed by atoms with Gasteiger partial charge >= 0.3 is 0 Å². The van der Waals surface area contributed by atoms with Gasteiger partial charge in [0.2, 0.25) is 0 Å². The Labute approximate surface area is 118 Å². The molecule has 2 rings (SSSR count). The molecule has 3 unspecified atom stereocenters. The van der Waals surface area contributed by atoms with Gasteiger partial charge in [-0.25, -0.2) is 0 Å². The first-order valence-corrected chi connectivity index (χ1v) is 8.05. The average Bonchev–Trinajstić information content (AvgIpc) is 2.48. The third kappa shape index (κ3) is 3.20. The lowest BCUT2D eigenvalue weighted by Gasteiger charge is -2.42. The second-order valence-electron chi connectivity index (χ2n) is 6.29. The zero-order chi connectivity index (χ0) is 13.7. The Morgan fingerprint density at radius 2 is 1.89 bits per heavy atom. The molecule has 2 N–H and O–H groups in total. The Hall–Kier alpha value is -0.820. The first kappa shape index (κ1) is 14.6. The van der Waals surface area contributed by atoms with Crippen molar-refractivity contribution in [3.05, 3.63) is 35.9 Å². The Kier molecular flexibility index (Phi) is 5.04. The minimum absolute atomic E-state index is 0.107. The molecule has 0 amide bonds. The van der Waals surface area contributed by atoms with Gasteiger partial charge in [-0.2, -0.15) is 0 Å². The number of rotatable bonds is 5. The van der Waals surface area contributed by atoms with Crippen LogP contribution >= 0.6 is 0 Å². The predicted octanol–water partition coefficient (Wildman–Crippen LogP) is 4.86. The van der Waals surface area contributed by atoms with E-state index in [-0.39, 0.29) is 5.54 Å². The van der Waals surface area contributed by atoms with E-state index in [4.69, 9.17) is 5.73 Å². The zero-order valence-electron chi connectivity index (χ0n) is 12.6. The monoisotopic (exact) mass is 259 g/mol. The third-order valence-corrected chi connectivity index (χ3v) is 5.06. The van der Waals surface area contributed by atoms with Crippen molar-refractivity contribution in [3.8, 4) is 0 Å². The highest BCUT2D eigenvalue weighted by molar-refractivity contribution is 5.25. The molecule has 1 aromatic carbocycles. The van der Waals surface area contributed by atoms with E-state index in [1.165, 1.54) is 44.1 Å². The predicted molar refractivity (Wildman–Crippen MR) is 83.0 cm³/mol. The van der Waals surface area contributed by atoms with Gasteiger partial charge in [0.1, 0.15) is 0 Å². The van der Waals surface area contributed by atoms with Crippen LogP contribution < -0.4 is 5.73 Å². The fraction of sp³-hybridized carbons (Fsp3) is 0.667. The van der Waals surface area contributed by atoms with Crippen LogP contribution in [0.1, 0.15) is 64.4 Å². The molecule has 0 aromatic heterocycles. The molecule has 1 nitrogen and oxygen atoms in total. The van der Waals surface area contributed by atoms with Crippen molar-refractivity contribution in [1.82, 2.24) is 0 Å². The minimum Gasteiger partial charge on any atom is -0.321 e. The van der Waals surface area contributed by atoms with Crippen molar-refractivity contribution in [1.29, 1.82) is 0 Å². The SMILES string of the molecule is CCCC(N)(c1ccccc1)C1CCCC(CC)C1. The minimum atomic E-state index is -0.107. The number of hydrogen-bond donors (Lipinski definition) is 1. The van der Waals surface area contributed by atoms with Gasteiger partial charge in [-0.05, 0) is 36.7 Å². The highest BCUT2D eigenvalue weighted by Gasteiger charge is 2.38. The lowest BCUT2D eigenvalue weighted by Crippen LogP contribution is -2.46. The van der Waals surface area contributed by atoms with Gasteiger partial charge in [-0.15, -0.1) is 0 Å². The molecular formula is C18H29N. The molecule has 1 heteroatoms. The van der Waals surface area contributed by atoms with Crippen LogP contribution in [0.25, 0.3) is 0 Å². The molecule has 0 saturated heterocycles. The van der Waals surface area contributed by atoms with Gasteiger partial charge in [-0.3, -0.25) is 0 Å². The van der Waals surface area contributed by atoms with Gasteiger partial charge in [0.15, 0.2) is 0 Å². The van der Waals surface area contributed by atoms with Crippen molar-refractivity contribution >= 4 is 0 Å². The maximum absolute atomic E-state index is 6.92. The van der Waals surface area contributed by atoms with E-state index in [0.717, 1.165) is 12.3 Å². The standard InChI is InChI=1S/C18H29N/c1-3-13-18(19,16-10-6-5-7-11-16)17-12-8-9-15(4-2)14-17/h5-7,10-11,15,17H,3-4,8-9,12-14,19H2,1-2H3. The molecule has 0 spiro atoms. The normalized spacial score (nSPS) is 26.9. The molecule has 106 valence electrons. The van der Waals surface area contributed by atoms with Crippen molar-refractivity contribution in [2.45, 2.75) is 64.3 Å². The van der Waals surface area contributed by atoms with Crippen LogP contribution in [0, 0.1) is 11.8 Å². The van der Waals surface area contributed by atoms with Crippen LogP contribution in [0.5, 0.6) is 0 Å². The smallest absolute Gasteiger partial charge is 0.0438 e. The molecular weight excluding hydrogens is 230 g/mol. The van der Waals surface area contributed by atoms with Crippen molar-refractivity contribution < 1.29 is 0 Å². The van der Waals surface area contributed by atoms with Gasteiger partial charge in [0.05, 0.1) is 0 Å². The fourth-order valence-corrected chi connectivity index (χ4v) is 3.88. The molecule has 0 aliphatic heterocycles. The molecule has 3 atom stereocenters.